The van der Waals surface area contributed by atoms with Crippen molar-refractivity contribution in [2.24, 2.45) is 17.6 Å². The van der Waals surface area contributed by atoms with Crippen LogP contribution in [0.3, 0.4) is 0 Å². The second-order valence-corrected chi connectivity index (χ2v) is 6.19. The Balaban J connectivity index is 1.96. The van der Waals surface area contributed by atoms with Crippen LogP contribution in [0, 0.1) is 11.8 Å². The van der Waals surface area contributed by atoms with E-state index in [1.165, 1.54) is 0 Å². The number of benzene rings is 1. The number of piperidine rings is 1. The van der Waals surface area contributed by atoms with Crippen molar-refractivity contribution in [2.75, 3.05) is 18.4 Å². The Labute approximate surface area is 136 Å². The van der Waals surface area contributed by atoms with Gasteiger partial charge < -0.3 is 16.0 Å². The first-order chi connectivity index (χ1) is 10.9. The number of carbonyl (C=O) groups is 3. The van der Waals surface area contributed by atoms with Crippen LogP contribution in [0.4, 0.5) is 5.69 Å². The molecule has 0 bridgehead atoms. The molecular formula is C17H23N3O3. The molecule has 3 N–H and O–H groups in total. The summed E-state index contributed by atoms with van der Waals surface area (Å²) in [6, 6.07) is 6.87. The van der Waals surface area contributed by atoms with Crippen molar-refractivity contribution in [3.8, 4) is 0 Å². The quantitative estimate of drug-likeness (QED) is 0.883. The van der Waals surface area contributed by atoms with Crippen molar-refractivity contribution in [1.29, 1.82) is 0 Å². The molecule has 1 heterocycles. The van der Waals surface area contributed by atoms with Gasteiger partial charge in [-0.15, -0.1) is 0 Å². The maximum Gasteiger partial charge on any atom is 0.253 e. The van der Waals surface area contributed by atoms with Gasteiger partial charge >= 0.3 is 0 Å². The fourth-order valence-electron chi connectivity index (χ4n) is 2.53. The molecule has 23 heavy (non-hydrogen) atoms. The molecule has 0 atom stereocenters. The average molecular weight is 317 g/mol. The fourth-order valence-corrected chi connectivity index (χ4v) is 2.53. The number of rotatable bonds is 4. The SMILES string of the molecule is CC(C)C(=O)Nc1ccc(C(=O)N2CCC(C(N)=O)CC2)cc1. The summed E-state index contributed by atoms with van der Waals surface area (Å²) in [6.07, 6.45) is 1.23. The molecule has 1 aliphatic heterocycles. The van der Waals surface area contributed by atoms with E-state index < -0.39 is 0 Å². The minimum absolute atomic E-state index is 0.0578. The summed E-state index contributed by atoms with van der Waals surface area (Å²) in [7, 11) is 0. The molecule has 0 spiro atoms. The number of amides is 3. The van der Waals surface area contributed by atoms with E-state index in [0.29, 0.717) is 37.2 Å². The molecule has 2 rings (SSSR count). The van der Waals surface area contributed by atoms with Crippen molar-refractivity contribution < 1.29 is 14.4 Å². The zero-order valence-electron chi connectivity index (χ0n) is 13.5. The molecule has 1 aliphatic rings. The highest BCUT2D eigenvalue weighted by Gasteiger charge is 2.26. The first-order valence-corrected chi connectivity index (χ1v) is 7.88. The Morgan fingerprint density at radius 1 is 1.13 bits per heavy atom. The van der Waals surface area contributed by atoms with E-state index in [1.54, 1.807) is 29.2 Å². The van der Waals surface area contributed by atoms with Gasteiger partial charge in [-0.05, 0) is 37.1 Å². The predicted molar refractivity (Wildman–Crippen MR) is 87.7 cm³/mol. The van der Waals surface area contributed by atoms with E-state index in [4.69, 9.17) is 5.73 Å². The molecule has 0 saturated carbocycles. The standard InChI is InChI=1S/C17H23N3O3/c1-11(2)16(22)19-14-5-3-13(4-6-14)17(23)20-9-7-12(8-10-20)15(18)21/h3-6,11-12H,7-10H2,1-2H3,(H2,18,21)(H,19,22). The highest BCUT2D eigenvalue weighted by atomic mass is 16.2. The minimum Gasteiger partial charge on any atom is -0.369 e. The summed E-state index contributed by atoms with van der Waals surface area (Å²) in [5.74, 6) is -0.634. The molecule has 124 valence electrons. The predicted octanol–water partition coefficient (Wildman–Crippen LogP) is 1.62. The number of carbonyl (C=O) groups excluding carboxylic acids is 3. The Morgan fingerprint density at radius 2 is 1.70 bits per heavy atom. The summed E-state index contributed by atoms with van der Waals surface area (Å²) < 4.78 is 0. The summed E-state index contributed by atoms with van der Waals surface area (Å²) in [5, 5.41) is 2.79. The van der Waals surface area contributed by atoms with Crippen LogP contribution in [-0.2, 0) is 9.59 Å². The van der Waals surface area contributed by atoms with E-state index in [9.17, 15) is 14.4 Å². The van der Waals surface area contributed by atoms with E-state index >= 15 is 0 Å². The van der Waals surface area contributed by atoms with Crippen molar-refractivity contribution in [2.45, 2.75) is 26.7 Å². The molecule has 0 unspecified atom stereocenters. The Bertz CT molecular complexity index is 588. The van der Waals surface area contributed by atoms with Gasteiger partial charge in [0.05, 0.1) is 0 Å². The second kappa shape index (κ2) is 7.26. The van der Waals surface area contributed by atoms with Crippen LogP contribution in [0.1, 0.15) is 37.0 Å². The highest BCUT2D eigenvalue weighted by Crippen LogP contribution is 2.19. The first kappa shape index (κ1) is 17.0. The van der Waals surface area contributed by atoms with Crippen LogP contribution in [0.15, 0.2) is 24.3 Å². The van der Waals surface area contributed by atoms with Gasteiger partial charge in [0.2, 0.25) is 11.8 Å². The molecule has 0 radical (unpaired) electrons. The van der Waals surface area contributed by atoms with Crippen LogP contribution >= 0.6 is 0 Å². The number of nitrogens with zero attached hydrogens (tertiary/aromatic N) is 1. The van der Waals surface area contributed by atoms with Crippen molar-refractivity contribution in [3.05, 3.63) is 29.8 Å². The largest absolute Gasteiger partial charge is 0.369 e. The Hall–Kier alpha value is -2.37. The number of nitrogens with two attached hydrogens (primary N) is 1. The monoisotopic (exact) mass is 317 g/mol. The molecule has 0 aliphatic carbocycles. The third-order valence-electron chi connectivity index (χ3n) is 4.11. The first-order valence-electron chi connectivity index (χ1n) is 7.88. The number of hydrogen-bond donors (Lipinski definition) is 2. The molecule has 1 aromatic carbocycles. The molecule has 0 aromatic heterocycles. The van der Waals surface area contributed by atoms with Crippen LogP contribution in [0.5, 0.6) is 0 Å². The van der Waals surface area contributed by atoms with E-state index in [0.717, 1.165) is 0 Å². The van der Waals surface area contributed by atoms with Crippen molar-refractivity contribution >= 4 is 23.4 Å². The van der Waals surface area contributed by atoms with Gasteiger partial charge in [-0.2, -0.15) is 0 Å². The van der Waals surface area contributed by atoms with E-state index in [2.05, 4.69) is 5.32 Å². The third-order valence-corrected chi connectivity index (χ3v) is 4.11. The van der Waals surface area contributed by atoms with Crippen LogP contribution in [0.2, 0.25) is 0 Å². The minimum atomic E-state index is -0.289. The third kappa shape index (κ3) is 4.31. The van der Waals surface area contributed by atoms with Gasteiger partial charge in [-0.25, -0.2) is 0 Å². The smallest absolute Gasteiger partial charge is 0.253 e. The fraction of sp³-hybridized carbons (Fsp3) is 0.471. The summed E-state index contributed by atoms with van der Waals surface area (Å²) in [6.45, 7) is 4.72. The molecule has 6 nitrogen and oxygen atoms in total. The molecule has 1 aromatic rings. The van der Waals surface area contributed by atoms with Crippen molar-refractivity contribution in [3.63, 3.8) is 0 Å². The molecule has 1 fully saturated rings. The second-order valence-electron chi connectivity index (χ2n) is 6.19. The van der Waals surface area contributed by atoms with Gasteiger partial charge in [0.1, 0.15) is 0 Å². The number of anilines is 1. The molecule has 3 amide bonds. The molecular weight excluding hydrogens is 294 g/mol. The lowest BCUT2D eigenvalue weighted by Crippen LogP contribution is -2.41. The number of primary amides is 1. The van der Waals surface area contributed by atoms with Crippen LogP contribution < -0.4 is 11.1 Å². The van der Waals surface area contributed by atoms with Gasteiger partial charge in [0.15, 0.2) is 0 Å². The van der Waals surface area contributed by atoms with E-state index in [1.807, 2.05) is 13.8 Å². The Kier molecular flexibility index (Phi) is 5.36. The van der Waals surface area contributed by atoms with Crippen LogP contribution in [0.25, 0.3) is 0 Å². The maximum atomic E-state index is 12.4. The van der Waals surface area contributed by atoms with Gasteiger partial charge in [-0.1, -0.05) is 13.8 Å². The summed E-state index contributed by atoms with van der Waals surface area (Å²) >= 11 is 0. The lowest BCUT2D eigenvalue weighted by atomic mass is 9.96. The average Bonchev–Trinajstić information content (AvgIpc) is 2.55. The lowest BCUT2D eigenvalue weighted by molar-refractivity contribution is -0.123. The van der Waals surface area contributed by atoms with Gasteiger partial charge in [0, 0.05) is 36.2 Å². The highest BCUT2D eigenvalue weighted by molar-refractivity contribution is 5.96. The number of likely N-dealkylation sites (tertiary alicyclic amines) is 1. The number of nitrogens with one attached hydrogen (secondary N) is 1. The normalized spacial score (nSPS) is 15.5. The zero-order valence-corrected chi connectivity index (χ0v) is 13.5. The lowest BCUT2D eigenvalue weighted by Gasteiger charge is -2.30. The van der Waals surface area contributed by atoms with Crippen molar-refractivity contribution in [1.82, 2.24) is 4.90 Å². The van der Waals surface area contributed by atoms with E-state index in [-0.39, 0.29) is 29.6 Å². The summed E-state index contributed by atoms with van der Waals surface area (Å²) in [5.41, 5.74) is 6.55. The topological polar surface area (TPSA) is 92.5 Å². The zero-order chi connectivity index (χ0) is 17.0. The molecule has 6 heteroatoms. The maximum absolute atomic E-state index is 12.4. The van der Waals surface area contributed by atoms with Crippen LogP contribution in [-0.4, -0.2) is 35.7 Å². The van der Waals surface area contributed by atoms with Gasteiger partial charge in [0.25, 0.3) is 5.91 Å². The molecule has 1 saturated heterocycles. The summed E-state index contributed by atoms with van der Waals surface area (Å²) in [4.78, 5) is 37.0. The van der Waals surface area contributed by atoms with Gasteiger partial charge in [-0.3, -0.25) is 14.4 Å². The Morgan fingerprint density at radius 3 is 2.17 bits per heavy atom. The number of hydrogen-bond acceptors (Lipinski definition) is 3.